The third-order valence-corrected chi connectivity index (χ3v) is 4.83. The van der Waals surface area contributed by atoms with Gasteiger partial charge in [-0.05, 0) is 25.7 Å². The molecular formula is C16H26N4O3. The molecule has 1 aromatic heterocycles. The molecule has 1 aromatic rings. The lowest BCUT2D eigenvalue weighted by atomic mass is 9.89. The highest BCUT2D eigenvalue weighted by Crippen LogP contribution is 2.31. The van der Waals surface area contributed by atoms with E-state index in [1.165, 1.54) is 25.7 Å². The predicted molar refractivity (Wildman–Crippen MR) is 84.1 cm³/mol. The van der Waals surface area contributed by atoms with Crippen molar-refractivity contribution in [1.82, 2.24) is 20.3 Å². The van der Waals surface area contributed by atoms with Gasteiger partial charge in [0, 0.05) is 6.54 Å². The summed E-state index contributed by atoms with van der Waals surface area (Å²) < 4.78 is 7.43. The van der Waals surface area contributed by atoms with Gasteiger partial charge in [-0.1, -0.05) is 30.9 Å². The Kier molecular flexibility index (Phi) is 5.61. The third-order valence-electron chi connectivity index (χ3n) is 4.83. The molecule has 0 spiro atoms. The SMILES string of the molecule is O=C(NCCOC1CCCCCC1)c1cn([C@@H]2CC[C@H]2O)nn1. The number of nitrogens with one attached hydrogen (secondary N) is 1. The van der Waals surface area contributed by atoms with Crippen molar-refractivity contribution in [1.29, 1.82) is 0 Å². The van der Waals surface area contributed by atoms with E-state index in [0.717, 1.165) is 25.7 Å². The first kappa shape index (κ1) is 16.4. The van der Waals surface area contributed by atoms with Crippen LogP contribution in [0.25, 0.3) is 0 Å². The molecule has 0 unspecified atom stereocenters. The van der Waals surface area contributed by atoms with Gasteiger partial charge in [0.2, 0.25) is 0 Å². The van der Waals surface area contributed by atoms with Crippen LogP contribution in [0.2, 0.25) is 0 Å². The van der Waals surface area contributed by atoms with Gasteiger partial charge in [-0.25, -0.2) is 4.68 Å². The first-order valence-electron chi connectivity index (χ1n) is 8.74. The Morgan fingerprint density at radius 1 is 1.26 bits per heavy atom. The minimum absolute atomic E-state index is 0.0392. The average molecular weight is 322 g/mol. The number of aliphatic hydroxyl groups is 1. The fourth-order valence-corrected chi connectivity index (χ4v) is 3.21. The summed E-state index contributed by atoms with van der Waals surface area (Å²) in [6.07, 6.45) is 10.6. The second kappa shape index (κ2) is 7.88. The molecule has 0 bridgehead atoms. The molecule has 1 amide bonds. The Hall–Kier alpha value is -1.47. The molecule has 2 fully saturated rings. The highest BCUT2D eigenvalue weighted by atomic mass is 16.5. The Balaban J connectivity index is 1.37. The van der Waals surface area contributed by atoms with Crippen LogP contribution < -0.4 is 5.32 Å². The third kappa shape index (κ3) is 4.29. The van der Waals surface area contributed by atoms with E-state index in [0.29, 0.717) is 24.9 Å². The normalized spacial score (nSPS) is 25.6. The van der Waals surface area contributed by atoms with Crippen LogP contribution in [0, 0.1) is 0 Å². The van der Waals surface area contributed by atoms with Crippen LogP contribution in [0.3, 0.4) is 0 Å². The molecule has 7 heteroatoms. The smallest absolute Gasteiger partial charge is 0.273 e. The van der Waals surface area contributed by atoms with E-state index in [4.69, 9.17) is 4.74 Å². The van der Waals surface area contributed by atoms with Crippen molar-refractivity contribution in [2.24, 2.45) is 0 Å². The molecule has 1 heterocycles. The number of ether oxygens (including phenoxy) is 1. The number of rotatable bonds is 6. The van der Waals surface area contributed by atoms with Crippen LogP contribution in [-0.2, 0) is 4.74 Å². The zero-order valence-corrected chi connectivity index (χ0v) is 13.5. The van der Waals surface area contributed by atoms with E-state index < -0.39 is 0 Å². The molecule has 23 heavy (non-hydrogen) atoms. The molecule has 2 aliphatic rings. The van der Waals surface area contributed by atoms with Crippen LogP contribution in [-0.4, -0.2) is 51.4 Å². The largest absolute Gasteiger partial charge is 0.391 e. The summed E-state index contributed by atoms with van der Waals surface area (Å²) in [5, 5.41) is 20.3. The zero-order valence-electron chi connectivity index (χ0n) is 13.5. The molecular weight excluding hydrogens is 296 g/mol. The number of amides is 1. The molecule has 128 valence electrons. The van der Waals surface area contributed by atoms with Crippen molar-refractivity contribution < 1.29 is 14.6 Å². The van der Waals surface area contributed by atoms with Crippen molar-refractivity contribution >= 4 is 5.91 Å². The minimum atomic E-state index is -0.374. The zero-order chi connectivity index (χ0) is 16.1. The summed E-state index contributed by atoms with van der Waals surface area (Å²) in [6, 6.07) is -0.0392. The van der Waals surface area contributed by atoms with Gasteiger partial charge < -0.3 is 15.2 Å². The Bertz CT molecular complexity index is 511. The van der Waals surface area contributed by atoms with Gasteiger partial charge in [0.25, 0.3) is 5.91 Å². The highest BCUT2D eigenvalue weighted by Gasteiger charge is 2.31. The van der Waals surface area contributed by atoms with E-state index >= 15 is 0 Å². The summed E-state index contributed by atoms with van der Waals surface area (Å²) in [6.45, 7) is 1.01. The van der Waals surface area contributed by atoms with Gasteiger partial charge >= 0.3 is 0 Å². The first-order chi connectivity index (χ1) is 11.2. The van der Waals surface area contributed by atoms with Crippen LogP contribution >= 0.6 is 0 Å². The fraction of sp³-hybridized carbons (Fsp3) is 0.812. The molecule has 0 aliphatic heterocycles. The van der Waals surface area contributed by atoms with Gasteiger partial charge in [0.05, 0.1) is 31.1 Å². The highest BCUT2D eigenvalue weighted by molar-refractivity contribution is 5.91. The molecule has 2 aliphatic carbocycles. The number of aromatic nitrogens is 3. The standard InChI is InChI=1S/C16H26N4O3/c21-15-8-7-14(15)20-11-13(18-19-20)16(22)17-9-10-23-12-5-3-1-2-4-6-12/h11-12,14-15,21H,1-10H2,(H,17,22)/t14-,15-/m1/s1. The van der Waals surface area contributed by atoms with E-state index in [1.54, 1.807) is 10.9 Å². The minimum Gasteiger partial charge on any atom is -0.391 e. The second-order valence-corrected chi connectivity index (χ2v) is 6.54. The lowest BCUT2D eigenvalue weighted by molar-refractivity contribution is 0.0244. The number of hydrogen-bond acceptors (Lipinski definition) is 5. The van der Waals surface area contributed by atoms with Crippen molar-refractivity contribution in [2.45, 2.75) is 69.6 Å². The molecule has 2 saturated carbocycles. The van der Waals surface area contributed by atoms with Crippen LogP contribution in [0.1, 0.15) is 67.9 Å². The molecule has 0 saturated heterocycles. The van der Waals surface area contributed by atoms with E-state index in [-0.39, 0.29) is 18.1 Å². The van der Waals surface area contributed by atoms with Crippen molar-refractivity contribution in [3.8, 4) is 0 Å². The Morgan fingerprint density at radius 2 is 2.04 bits per heavy atom. The quantitative estimate of drug-likeness (QED) is 0.611. The Labute approximate surface area is 136 Å². The lowest BCUT2D eigenvalue weighted by Gasteiger charge is -2.31. The number of nitrogens with zero attached hydrogens (tertiary/aromatic N) is 3. The summed E-state index contributed by atoms with van der Waals surface area (Å²) in [4.78, 5) is 12.0. The maximum Gasteiger partial charge on any atom is 0.273 e. The molecule has 3 rings (SSSR count). The van der Waals surface area contributed by atoms with Crippen molar-refractivity contribution in [2.75, 3.05) is 13.2 Å². The van der Waals surface area contributed by atoms with Gasteiger partial charge in [-0.2, -0.15) is 0 Å². The topological polar surface area (TPSA) is 89.3 Å². The first-order valence-corrected chi connectivity index (χ1v) is 8.74. The van der Waals surface area contributed by atoms with Crippen LogP contribution in [0.4, 0.5) is 0 Å². The lowest BCUT2D eigenvalue weighted by Crippen LogP contribution is -2.34. The van der Waals surface area contributed by atoms with E-state index in [1.807, 2.05) is 0 Å². The maximum atomic E-state index is 12.0. The Morgan fingerprint density at radius 3 is 2.70 bits per heavy atom. The molecule has 7 nitrogen and oxygen atoms in total. The van der Waals surface area contributed by atoms with Crippen molar-refractivity contribution in [3.63, 3.8) is 0 Å². The fourth-order valence-electron chi connectivity index (χ4n) is 3.21. The summed E-state index contributed by atoms with van der Waals surface area (Å²) >= 11 is 0. The second-order valence-electron chi connectivity index (χ2n) is 6.54. The molecule has 2 atom stereocenters. The number of aliphatic hydroxyl groups excluding tert-OH is 1. The molecule has 2 N–H and O–H groups in total. The predicted octanol–water partition coefficient (Wildman–Crippen LogP) is 1.44. The number of carbonyl (C=O) groups is 1. The summed E-state index contributed by atoms with van der Waals surface area (Å²) in [7, 11) is 0. The maximum absolute atomic E-state index is 12.0. The van der Waals surface area contributed by atoms with Gasteiger partial charge in [0.1, 0.15) is 0 Å². The van der Waals surface area contributed by atoms with Gasteiger partial charge in [-0.3, -0.25) is 4.79 Å². The van der Waals surface area contributed by atoms with Crippen LogP contribution in [0.5, 0.6) is 0 Å². The molecule has 0 aromatic carbocycles. The summed E-state index contributed by atoms with van der Waals surface area (Å²) in [5.41, 5.74) is 0.290. The monoisotopic (exact) mass is 322 g/mol. The van der Waals surface area contributed by atoms with E-state index in [9.17, 15) is 9.90 Å². The molecule has 0 radical (unpaired) electrons. The summed E-state index contributed by atoms with van der Waals surface area (Å²) in [5.74, 6) is -0.241. The number of carbonyl (C=O) groups excluding carboxylic acids is 1. The van der Waals surface area contributed by atoms with Crippen LogP contribution in [0.15, 0.2) is 6.20 Å². The number of hydrogen-bond donors (Lipinski definition) is 2. The van der Waals surface area contributed by atoms with Gasteiger partial charge in [-0.15, -0.1) is 5.10 Å². The van der Waals surface area contributed by atoms with Crippen molar-refractivity contribution in [3.05, 3.63) is 11.9 Å². The van der Waals surface area contributed by atoms with E-state index in [2.05, 4.69) is 15.6 Å². The van der Waals surface area contributed by atoms with Gasteiger partial charge in [0.15, 0.2) is 5.69 Å². The average Bonchev–Trinajstić information content (AvgIpc) is 2.86.